The van der Waals surface area contributed by atoms with Crippen LogP contribution < -0.4 is 4.72 Å². The third-order valence-corrected chi connectivity index (χ3v) is 8.24. The Bertz CT molecular complexity index is 1580. The number of anilines is 1. The van der Waals surface area contributed by atoms with Gasteiger partial charge in [-0.25, -0.2) is 12.8 Å². The average molecular weight is 553 g/mol. The van der Waals surface area contributed by atoms with Gasteiger partial charge in [0, 0.05) is 55.6 Å². The number of sulfonamides is 1. The molecule has 10 heteroatoms. The van der Waals surface area contributed by atoms with Crippen LogP contribution in [0.4, 0.5) is 10.1 Å². The number of nitrogens with one attached hydrogen (secondary N) is 1. The van der Waals surface area contributed by atoms with Gasteiger partial charge in [-0.3, -0.25) is 19.4 Å². The average Bonchev–Trinajstić information content (AvgIpc) is 3.16. The quantitative estimate of drug-likeness (QED) is 0.356. The van der Waals surface area contributed by atoms with Gasteiger partial charge in [-0.2, -0.15) is 0 Å². The Morgan fingerprint density at radius 3 is 2.55 bits per heavy atom. The van der Waals surface area contributed by atoms with Crippen LogP contribution in [0, 0.1) is 5.82 Å². The first-order chi connectivity index (χ1) is 18.3. The Balaban J connectivity index is 1.23. The summed E-state index contributed by atoms with van der Waals surface area (Å²) < 4.78 is 42.2. The third-order valence-electron chi connectivity index (χ3n) is 6.54. The molecule has 1 aliphatic rings. The molecule has 1 amide bonds. The van der Waals surface area contributed by atoms with Gasteiger partial charge in [-0.05, 0) is 60.5 Å². The molecule has 0 aliphatic carbocycles. The lowest BCUT2D eigenvalue weighted by Gasteiger charge is -2.22. The molecule has 0 radical (unpaired) electrons. The summed E-state index contributed by atoms with van der Waals surface area (Å²) in [5.41, 5.74) is 2.16. The molecule has 1 fully saturated rings. The number of hydrogen-bond acceptors (Lipinski definition) is 5. The van der Waals surface area contributed by atoms with Gasteiger partial charge in [-0.1, -0.05) is 35.9 Å². The minimum Gasteiger partial charge on any atom is -0.337 e. The van der Waals surface area contributed by atoms with E-state index in [1.807, 2.05) is 12.1 Å². The highest BCUT2D eigenvalue weighted by atomic mass is 35.5. The van der Waals surface area contributed by atoms with E-state index in [4.69, 9.17) is 11.6 Å². The van der Waals surface area contributed by atoms with Crippen LogP contribution in [0.15, 0.2) is 83.9 Å². The predicted octanol–water partition coefficient (Wildman–Crippen LogP) is 5.18. The van der Waals surface area contributed by atoms with E-state index in [1.165, 1.54) is 12.1 Å². The highest BCUT2D eigenvalue weighted by molar-refractivity contribution is 7.93. The van der Waals surface area contributed by atoms with Crippen LogP contribution in [0.3, 0.4) is 0 Å². The highest BCUT2D eigenvalue weighted by Crippen LogP contribution is 2.24. The number of benzene rings is 3. The van der Waals surface area contributed by atoms with Crippen molar-refractivity contribution < 1.29 is 17.6 Å². The number of hydrogen-bond donors (Lipinski definition) is 1. The molecule has 1 N–H and O–H groups in total. The Labute approximate surface area is 225 Å². The SMILES string of the molecule is O=C(c1ccc(NS(=O)(=O)c2cccc3cccnc23)cc1)N1CCCN(Cc2ccc(F)c(Cl)c2)CC1. The van der Waals surface area contributed by atoms with Crippen molar-refractivity contribution in [2.45, 2.75) is 17.9 Å². The molecule has 0 spiro atoms. The Morgan fingerprint density at radius 1 is 0.974 bits per heavy atom. The predicted molar refractivity (Wildman–Crippen MR) is 146 cm³/mol. The summed E-state index contributed by atoms with van der Waals surface area (Å²) in [6.07, 6.45) is 2.36. The number of nitrogens with zero attached hydrogens (tertiary/aromatic N) is 3. The van der Waals surface area contributed by atoms with Crippen molar-refractivity contribution in [1.29, 1.82) is 0 Å². The maximum atomic E-state index is 13.5. The van der Waals surface area contributed by atoms with E-state index in [2.05, 4.69) is 14.6 Å². The molecule has 0 bridgehead atoms. The maximum absolute atomic E-state index is 13.5. The Kier molecular flexibility index (Phi) is 7.60. The number of para-hydroxylation sites is 1. The standard InChI is InChI=1S/C28H26ClFN4O3S/c29-24-18-20(7-12-25(24)30)19-33-14-3-15-34(17-16-33)28(35)22-8-10-23(11-9-22)32-38(36,37)26-6-1-4-21-5-2-13-31-27(21)26/h1-2,4-13,18,32H,3,14-17,19H2. The van der Waals surface area contributed by atoms with Gasteiger partial charge in [0.2, 0.25) is 0 Å². The van der Waals surface area contributed by atoms with Crippen molar-refractivity contribution in [1.82, 2.24) is 14.8 Å². The molecule has 3 aromatic carbocycles. The monoisotopic (exact) mass is 552 g/mol. The zero-order valence-electron chi connectivity index (χ0n) is 20.5. The first kappa shape index (κ1) is 26.1. The van der Waals surface area contributed by atoms with E-state index in [0.717, 1.165) is 23.9 Å². The zero-order chi connectivity index (χ0) is 26.7. The molecule has 0 atom stereocenters. The lowest BCUT2D eigenvalue weighted by Crippen LogP contribution is -2.35. The van der Waals surface area contributed by atoms with Gasteiger partial charge in [0.05, 0.1) is 10.5 Å². The van der Waals surface area contributed by atoms with Gasteiger partial charge < -0.3 is 4.90 Å². The number of rotatable bonds is 6. The van der Waals surface area contributed by atoms with Crippen molar-refractivity contribution in [2.75, 3.05) is 30.9 Å². The number of fused-ring (bicyclic) bond motifs is 1. The van der Waals surface area contributed by atoms with Crippen molar-refractivity contribution >= 4 is 44.1 Å². The second-order valence-corrected chi connectivity index (χ2v) is 11.2. The van der Waals surface area contributed by atoms with E-state index in [1.54, 1.807) is 59.6 Å². The first-order valence-corrected chi connectivity index (χ1v) is 14.1. The van der Waals surface area contributed by atoms with Gasteiger partial charge >= 0.3 is 0 Å². The van der Waals surface area contributed by atoms with Gasteiger partial charge in [0.15, 0.2) is 0 Å². The molecule has 4 aromatic rings. The van der Waals surface area contributed by atoms with Crippen LogP contribution in [0.1, 0.15) is 22.3 Å². The van der Waals surface area contributed by atoms with Crippen LogP contribution in [0.2, 0.25) is 5.02 Å². The molecule has 7 nitrogen and oxygen atoms in total. The van der Waals surface area contributed by atoms with Crippen LogP contribution in [0.5, 0.6) is 0 Å². The summed E-state index contributed by atoms with van der Waals surface area (Å²) in [6, 6.07) is 19.7. The number of aromatic nitrogens is 1. The number of halogens is 2. The lowest BCUT2D eigenvalue weighted by molar-refractivity contribution is 0.0761. The molecule has 196 valence electrons. The summed E-state index contributed by atoms with van der Waals surface area (Å²) in [4.78, 5) is 21.5. The molecular formula is C28H26ClFN4O3S. The first-order valence-electron chi connectivity index (χ1n) is 12.2. The Hall–Kier alpha value is -3.53. The van der Waals surface area contributed by atoms with Gasteiger partial charge in [0.1, 0.15) is 10.7 Å². The largest absolute Gasteiger partial charge is 0.337 e. The second kappa shape index (κ2) is 11.1. The summed E-state index contributed by atoms with van der Waals surface area (Å²) in [7, 11) is -3.88. The number of carbonyl (C=O) groups excluding carboxylic acids is 1. The Morgan fingerprint density at radius 2 is 1.76 bits per heavy atom. The fourth-order valence-electron chi connectivity index (χ4n) is 4.59. The molecule has 38 heavy (non-hydrogen) atoms. The van der Waals surface area contributed by atoms with Crippen molar-refractivity contribution in [3.05, 3.63) is 101 Å². The molecule has 0 saturated carbocycles. The summed E-state index contributed by atoms with van der Waals surface area (Å²) >= 11 is 5.91. The van der Waals surface area contributed by atoms with Crippen LogP contribution in [-0.4, -0.2) is 55.3 Å². The van der Waals surface area contributed by atoms with E-state index in [-0.39, 0.29) is 15.8 Å². The lowest BCUT2D eigenvalue weighted by atomic mass is 10.2. The minimum absolute atomic E-state index is 0.0905. The third kappa shape index (κ3) is 5.80. The van der Waals surface area contributed by atoms with Gasteiger partial charge in [-0.15, -0.1) is 0 Å². The zero-order valence-corrected chi connectivity index (χ0v) is 22.1. The molecule has 1 aromatic heterocycles. The van der Waals surface area contributed by atoms with Crippen LogP contribution in [-0.2, 0) is 16.6 Å². The van der Waals surface area contributed by atoms with E-state index in [9.17, 15) is 17.6 Å². The molecule has 1 aliphatic heterocycles. The second-order valence-electron chi connectivity index (χ2n) is 9.18. The summed E-state index contributed by atoms with van der Waals surface area (Å²) in [5, 5.41) is 0.836. The summed E-state index contributed by atoms with van der Waals surface area (Å²) in [5.74, 6) is -0.545. The van der Waals surface area contributed by atoms with Crippen molar-refractivity contribution in [3.63, 3.8) is 0 Å². The van der Waals surface area contributed by atoms with E-state index < -0.39 is 15.8 Å². The van der Waals surface area contributed by atoms with Gasteiger partial charge in [0.25, 0.3) is 15.9 Å². The molecule has 0 unspecified atom stereocenters. The molecule has 5 rings (SSSR count). The van der Waals surface area contributed by atoms with Crippen LogP contribution >= 0.6 is 11.6 Å². The normalized spacial score (nSPS) is 14.8. The maximum Gasteiger partial charge on any atom is 0.264 e. The molecule has 1 saturated heterocycles. The van der Waals surface area contributed by atoms with Crippen LogP contribution in [0.25, 0.3) is 10.9 Å². The topological polar surface area (TPSA) is 82.6 Å². The highest BCUT2D eigenvalue weighted by Gasteiger charge is 2.22. The molecule has 2 heterocycles. The minimum atomic E-state index is -3.88. The van der Waals surface area contributed by atoms with Crippen molar-refractivity contribution in [2.24, 2.45) is 0 Å². The van der Waals surface area contributed by atoms with E-state index >= 15 is 0 Å². The molecular weight excluding hydrogens is 527 g/mol. The van der Waals surface area contributed by atoms with Crippen molar-refractivity contribution in [3.8, 4) is 0 Å². The summed E-state index contributed by atoms with van der Waals surface area (Å²) in [6.45, 7) is 3.28. The number of amides is 1. The van der Waals surface area contributed by atoms with E-state index in [0.29, 0.717) is 42.9 Å². The smallest absolute Gasteiger partial charge is 0.264 e. The number of pyridine rings is 1. The number of carbonyl (C=O) groups is 1. The fourth-order valence-corrected chi connectivity index (χ4v) is 6.04. The fraction of sp³-hybridized carbons (Fsp3) is 0.214.